The third-order valence-corrected chi connectivity index (χ3v) is 2.81. The van der Waals surface area contributed by atoms with E-state index in [0.29, 0.717) is 28.7 Å². The molecule has 0 saturated heterocycles. The summed E-state index contributed by atoms with van der Waals surface area (Å²) in [6.45, 7) is 0. The lowest BCUT2D eigenvalue weighted by molar-refractivity contribution is -0.274. The van der Waals surface area contributed by atoms with E-state index in [0.717, 1.165) is 0 Å². The van der Waals surface area contributed by atoms with Crippen molar-refractivity contribution in [2.24, 2.45) is 10.9 Å². The minimum atomic E-state index is -4.74. The number of hydrazone groups is 1. The Balaban J connectivity index is 2.26. The van der Waals surface area contributed by atoms with Crippen molar-refractivity contribution in [3.63, 3.8) is 0 Å². The third-order valence-electron chi connectivity index (χ3n) is 2.81. The summed E-state index contributed by atoms with van der Waals surface area (Å²) < 4.78 is 40.1. The minimum Gasteiger partial charge on any atom is -0.406 e. The Bertz CT molecular complexity index is 677. The molecule has 2 aromatic carbocycles. The van der Waals surface area contributed by atoms with Gasteiger partial charge in [0, 0.05) is 16.7 Å². The highest BCUT2D eigenvalue weighted by Gasteiger charge is 2.31. The molecule has 2 rings (SSSR count). The van der Waals surface area contributed by atoms with Crippen LogP contribution in [0, 0.1) is 0 Å². The Kier molecular flexibility index (Phi) is 4.45. The highest BCUT2D eigenvalue weighted by molar-refractivity contribution is 6.12. The fraction of sp³-hybridized carbons (Fsp3) is 0.0667. The Morgan fingerprint density at radius 1 is 1.00 bits per heavy atom. The van der Waals surface area contributed by atoms with Gasteiger partial charge in [-0.25, -0.2) is 0 Å². The van der Waals surface area contributed by atoms with E-state index in [1.165, 1.54) is 24.3 Å². The molecule has 2 aromatic rings. The standard InChI is InChI=1S/C15H11F3N2O2/c16-15(17,18)22-13-7-5-12(6-8-13)14(20-19)11-3-1-10(9-21)2-4-11/h1-9H,19H2/b20-14+. The van der Waals surface area contributed by atoms with Crippen LogP contribution in [0.2, 0.25) is 0 Å². The summed E-state index contributed by atoms with van der Waals surface area (Å²) in [7, 11) is 0. The normalized spacial score (nSPS) is 12.0. The predicted octanol–water partition coefficient (Wildman–Crippen LogP) is 3.11. The van der Waals surface area contributed by atoms with Crippen molar-refractivity contribution in [3.8, 4) is 5.75 Å². The quantitative estimate of drug-likeness (QED) is 0.408. The number of halogens is 3. The minimum absolute atomic E-state index is 0.330. The first kappa shape index (κ1) is 15.6. The maximum Gasteiger partial charge on any atom is 0.573 e. The molecule has 114 valence electrons. The summed E-state index contributed by atoms with van der Waals surface area (Å²) >= 11 is 0. The molecule has 0 atom stereocenters. The first-order valence-electron chi connectivity index (χ1n) is 6.12. The molecular formula is C15H11F3N2O2. The lowest BCUT2D eigenvalue weighted by atomic mass is 10.0. The van der Waals surface area contributed by atoms with Crippen molar-refractivity contribution in [3.05, 3.63) is 65.2 Å². The fourth-order valence-corrected chi connectivity index (χ4v) is 1.85. The highest BCUT2D eigenvalue weighted by atomic mass is 19.4. The van der Waals surface area contributed by atoms with E-state index in [2.05, 4.69) is 9.84 Å². The summed E-state index contributed by atoms with van der Waals surface area (Å²) in [6, 6.07) is 11.7. The number of carbonyl (C=O) groups is 1. The van der Waals surface area contributed by atoms with E-state index >= 15 is 0 Å². The van der Waals surface area contributed by atoms with Crippen LogP contribution in [-0.2, 0) is 0 Å². The van der Waals surface area contributed by atoms with Crippen LogP contribution >= 0.6 is 0 Å². The monoisotopic (exact) mass is 308 g/mol. The average Bonchev–Trinajstić information content (AvgIpc) is 2.49. The van der Waals surface area contributed by atoms with Gasteiger partial charge in [-0.05, 0) is 24.3 Å². The van der Waals surface area contributed by atoms with Crippen molar-refractivity contribution in [1.29, 1.82) is 0 Å². The van der Waals surface area contributed by atoms with Gasteiger partial charge in [0.05, 0.1) is 5.71 Å². The first-order valence-corrected chi connectivity index (χ1v) is 6.12. The molecule has 0 aromatic heterocycles. The zero-order valence-corrected chi connectivity index (χ0v) is 11.2. The Morgan fingerprint density at radius 3 is 1.91 bits per heavy atom. The zero-order chi connectivity index (χ0) is 16.2. The van der Waals surface area contributed by atoms with E-state index in [-0.39, 0.29) is 5.75 Å². The fourth-order valence-electron chi connectivity index (χ4n) is 1.85. The maximum atomic E-state index is 12.1. The maximum absolute atomic E-state index is 12.1. The summed E-state index contributed by atoms with van der Waals surface area (Å²) in [5.41, 5.74) is 2.04. The number of ether oxygens (including phenoxy) is 1. The average molecular weight is 308 g/mol. The van der Waals surface area contributed by atoms with Gasteiger partial charge in [-0.2, -0.15) is 5.10 Å². The van der Waals surface area contributed by atoms with Gasteiger partial charge in [0.1, 0.15) is 12.0 Å². The molecule has 22 heavy (non-hydrogen) atoms. The van der Waals surface area contributed by atoms with Crippen LogP contribution in [-0.4, -0.2) is 18.4 Å². The number of nitrogens with zero attached hydrogens (tertiary/aromatic N) is 1. The van der Waals surface area contributed by atoms with E-state index in [4.69, 9.17) is 5.84 Å². The molecule has 0 bridgehead atoms. The molecule has 0 unspecified atom stereocenters. The van der Waals surface area contributed by atoms with Crippen LogP contribution < -0.4 is 10.6 Å². The summed E-state index contributed by atoms with van der Waals surface area (Å²) in [5, 5.41) is 3.65. The molecular weight excluding hydrogens is 297 g/mol. The molecule has 0 fully saturated rings. The molecule has 0 saturated carbocycles. The van der Waals surface area contributed by atoms with Crippen molar-refractivity contribution in [2.75, 3.05) is 0 Å². The Morgan fingerprint density at radius 2 is 1.50 bits per heavy atom. The summed E-state index contributed by atoms with van der Waals surface area (Å²) in [6.07, 6.45) is -4.04. The van der Waals surface area contributed by atoms with Crippen LogP contribution in [0.1, 0.15) is 21.5 Å². The molecule has 0 aliphatic carbocycles. The van der Waals surface area contributed by atoms with Gasteiger partial charge in [0.2, 0.25) is 0 Å². The van der Waals surface area contributed by atoms with Crippen molar-refractivity contribution < 1.29 is 22.7 Å². The van der Waals surface area contributed by atoms with E-state index in [1.54, 1.807) is 24.3 Å². The molecule has 0 spiro atoms. The van der Waals surface area contributed by atoms with Crippen LogP contribution in [0.4, 0.5) is 13.2 Å². The second-order valence-corrected chi connectivity index (χ2v) is 4.29. The van der Waals surface area contributed by atoms with Gasteiger partial charge >= 0.3 is 6.36 Å². The molecule has 7 heteroatoms. The van der Waals surface area contributed by atoms with Crippen LogP contribution in [0.5, 0.6) is 5.75 Å². The number of rotatable bonds is 4. The lowest BCUT2D eigenvalue weighted by Gasteiger charge is -2.10. The smallest absolute Gasteiger partial charge is 0.406 e. The predicted molar refractivity (Wildman–Crippen MR) is 74.8 cm³/mol. The second kappa shape index (κ2) is 6.30. The molecule has 0 amide bonds. The van der Waals surface area contributed by atoms with Gasteiger partial charge < -0.3 is 10.6 Å². The molecule has 0 radical (unpaired) electrons. The SMILES string of the molecule is N/N=C(\c1ccc(C=O)cc1)c1ccc(OC(F)(F)F)cc1. The van der Waals surface area contributed by atoms with Crippen LogP contribution in [0.25, 0.3) is 0 Å². The number of nitrogens with two attached hydrogens (primary N) is 1. The van der Waals surface area contributed by atoms with Crippen molar-refractivity contribution >= 4 is 12.0 Å². The number of alkyl halides is 3. The van der Waals surface area contributed by atoms with Crippen LogP contribution in [0.15, 0.2) is 53.6 Å². The first-order chi connectivity index (χ1) is 10.4. The second-order valence-electron chi connectivity index (χ2n) is 4.29. The number of aldehydes is 1. The van der Waals surface area contributed by atoms with Crippen molar-refractivity contribution in [2.45, 2.75) is 6.36 Å². The zero-order valence-electron chi connectivity index (χ0n) is 11.2. The third kappa shape index (κ3) is 3.85. The Labute approximate surface area is 124 Å². The van der Waals surface area contributed by atoms with Gasteiger partial charge in [0.25, 0.3) is 0 Å². The van der Waals surface area contributed by atoms with E-state index < -0.39 is 6.36 Å². The van der Waals surface area contributed by atoms with Gasteiger partial charge in [-0.15, -0.1) is 13.2 Å². The molecule has 2 N–H and O–H groups in total. The van der Waals surface area contributed by atoms with Gasteiger partial charge in [-0.3, -0.25) is 4.79 Å². The molecule has 0 aliphatic heterocycles. The molecule has 4 nitrogen and oxygen atoms in total. The summed E-state index contributed by atoms with van der Waals surface area (Å²) in [4.78, 5) is 10.6. The van der Waals surface area contributed by atoms with E-state index in [1.807, 2.05) is 0 Å². The number of hydrogen-bond acceptors (Lipinski definition) is 4. The van der Waals surface area contributed by atoms with Crippen molar-refractivity contribution in [1.82, 2.24) is 0 Å². The molecule has 0 aliphatic rings. The number of benzene rings is 2. The highest BCUT2D eigenvalue weighted by Crippen LogP contribution is 2.23. The van der Waals surface area contributed by atoms with Gasteiger partial charge in [-0.1, -0.05) is 24.3 Å². The Hall–Kier alpha value is -2.83. The largest absolute Gasteiger partial charge is 0.573 e. The van der Waals surface area contributed by atoms with Gasteiger partial charge in [0.15, 0.2) is 0 Å². The number of hydrogen-bond donors (Lipinski definition) is 1. The molecule has 0 heterocycles. The topological polar surface area (TPSA) is 64.7 Å². The summed E-state index contributed by atoms with van der Waals surface area (Å²) in [5.74, 6) is 5.02. The van der Waals surface area contributed by atoms with Crippen LogP contribution in [0.3, 0.4) is 0 Å². The van der Waals surface area contributed by atoms with E-state index in [9.17, 15) is 18.0 Å². The number of carbonyl (C=O) groups excluding carboxylic acids is 1. The lowest BCUT2D eigenvalue weighted by Crippen LogP contribution is -2.17.